The van der Waals surface area contributed by atoms with Crippen molar-refractivity contribution in [2.75, 3.05) is 6.54 Å². The molecular formula is C10H13NOS. The van der Waals surface area contributed by atoms with Gasteiger partial charge in [0.15, 0.2) is 0 Å². The predicted octanol–water partition coefficient (Wildman–Crippen LogP) is 2.43. The first-order chi connectivity index (χ1) is 6.29. The molecule has 0 bridgehead atoms. The number of hydrogen-bond donors (Lipinski definition) is 0. The van der Waals surface area contributed by atoms with Crippen molar-refractivity contribution >= 4 is 17.2 Å². The van der Waals surface area contributed by atoms with Crippen LogP contribution in [0.25, 0.3) is 0 Å². The summed E-state index contributed by atoms with van der Waals surface area (Å²) >= 11 is 1.75. The van der Waals surface area contributed by atoms with Gasteiger partial charge in [0, 0.05) is 18.3 Å². The van der Waals surface area contributed by atoms with Gasteiger partial charge >= 0.3 is 0 Å². The first-order valence-corrected chi connectivity index (χ1v) is 5.47. The van der Waals surface area contributed by atoms with E-state index in [1.165, 1.54) is 4.88 Å². The van der Waals surface area contributed by atoms with Gasteiger partial charge in [-0.05, 0) is 24.3 Å². The Morgan fingerprint density at radius 2 is 2.54 bits per heavy atom. The summed E-state index contributed by atoms with van der Waals surface area (Å²) in [5.74, 6) is 0.205. The number of nitrogens with zero attached hydrogens (tertiary/aromatic N) is 1. The highest BCUT2D eigenvalue weighted by Crippen LogP contribution is 2.34. The quantitative estimate of drug-likeness (QED) is 0.674. The zero-order chi connectivity index (χ0) is 9.26. The molecule has 70 valence electrons. The Labute approximate surface area is 82.2 Å². The normalized spacial score (nSPS) is 22.2. The minimum Gasteiger partial charge on any atom is -0.335 e. The smallest absolute Gasteiger partial charge is 0.219 e. The summed E-state index contributed by atoms with van der Waals surface area (Å²) in [4.78, 5) is 14.6. The van der Waals surface area contributed by atoms with E-state index in [1.807, 2.05) is 4.90 Å². The summed E-state index contributed by atoms with van der Waals surface area (Å²) in [5, 5.41) is 2.08. The third-order valence-corrected chi connectivity index (χ3v) is 3.50. The minimum absolute atomic E-state index is 0.205. The molecule has 2 rings (SSSR count). The van der Waals surface area contributed by atoms with Crippen molar-refractivity contribution in [3.05, 3.63) is 22.4 Å². The summed E-state index contributed by atoms with van der Waals surface area (Å²) in [7, 11) is 0. The summed E-state index contributed by atoms with van der Waals surface area (Å²) in [5.41, 5.74) is 0. The van der Waals surface area contributed by atoms with E-state index < -0.39 is 0 Å². The average Bonchev–Trinajstić information content (AvgIpc) is 2.74. The summed E-state index contributed by atoms with van der Waals surface area (Å²) < 4.78 is 0. The van der Waals surface area contributed by atoms with Crippen LogP contribution in [0.15, 0.2) is 17.5 Å². The Morgan fingerprint density at radius 3 is 3.15 bits per heavy atom. The van der Waals surface area contributed by atoms with E-state index in [1.54, 1.807) is 18.3 Å². The molecule has 1 saturated heterocycles. The number of carbonyl (C=O) groups is 1. The molecule has 3 heteroatoms. The fourth-order valence-corrected chi connectivity index (χ4v) is 2.79. The molecular weight excluding hydrogens is 182 g/mol. The highest BCUT2D eigenvalue weighted by molar-refractivity contribution is 7.10. The summed E-state index contributed by atoms with van der Waals surface area (Å²) in [6.45, 7) is 2.59. The summed E-state index contributed by atoms with van der Waals surface area (Å²) in [6, 6.07) is 4.53. The number of thiophene rings is 1. The maximum atomic E-state index is 11.3. The predicted molar refractivity (Wildman–Crippen MR) is 53.7 cm³/mol. The molecule has 0 spiro atoms. The lowest BCUT2D eigenvalue weighted by Gasteiger charge is -2.21. The molecule has 1 aromatic heterocycles. The van der Waals surface area contributed by atoms with E-state index in [-0.39, 0.29) is 5.91 Å². The van der Waals surface area contributed by atoms with Gasteiger partial charge in [0.2, 0.25) is 5.91 Å². The van der Waals surface area contributed by atoms with Crippen molar-refractivity contribution in [3.8, 4) is 0 Å². The van der Waals surface area contributed by atoms with Gasteiger partial charge in [-0.15, -0.1) is 11.3 Å². The molecule has 0 unspecified atom stereocenters. The van der Waals surface area contributed by atoms with Gasteiger partial charge in [0.25, 0.3) is 0 Å². The lowest BCUT2D eigenvalue weighted by atomic mass is 10.2. The van der Waals surface area contributed by atoms with Crippen molar-refractivity contribution in [1.29, 1.82) is 0 Å². The Hall–Kier alpha value is -0.830. The van der Waals surface area contributed by atoms with E-state index in [2.05, 4.69) is 17.5 Å². The minimum atomic E-state index is 0.205. The Morgan fingerprint density at radius 1 is 1.69 bits per heavy atom. The highest BCUT2D eigenvalue weighted by Gasteiger charge is 2.28. The molecule has 1 fully saturated rings. The van der Waals surface area contributed by atoms with Gasteiger partial charge < -0.3 is 4.90 Å². The van der Waals surface area contributed by atoms with E-state index in [9.17, 15) is 4.79 Å². The zero-order valence-corrected chi connectivity index (χ0v) is 8.51. The van der Waals surface area contributed by atoms with Crippen LogP contribution < -0.4 is 0 Å². The van der Waals surface area contributed by atoms with Crippen LogP contribution in [0.3, 0.4) is 0 Å². The average molecular weight is 195 g/mol. The van der Waals surface area contributed by atoms with Crippen LogP contribution in [0.5, 0.6) is 0 Å². The van der Waals surface area contributed by atoms with Gasteiger partial charge in [-0.2, -0.15) is 0 Å². The van der Waals surface area contributed by atoms with Gasteiger partial charge in [0.05, 0.1) is 6.04 Å². The molecule has 0 N–H and O–H groups in total. The molecule has 1 aliphatic rings. The van der Waals surface area contributed by atoms with Crippen LogP contribution in [0, 0.1) is 0 Å². The van der Waals surface area contributed by atoms with Crippen molar-refractivity contribution in [2.45, 2.75) is 25.8 Å². The fraction of sp³-hybridized carbons (Fsp3) is 0.500. The second kappa shape index (κ2) is 3.50. The Balaban J connectivity index is 2.19. The van der Waals surface area contributed by atoms with Crippen LogP contribution in [-0.4, -0.2) is 17.4 Å². The topological polar surface area (TPSA) is 20.3 Å². The SMILES string of the molecule is CC(=O)N1CCC[C@@H]1c1cccs1. The van der Waals surface area contributed by atoms with Crippen LogP contribution in [-0.2, 0) is 4.79 Å². The molecule has 13 heavy (non-hydrogen) atoms. The van der Waals surface area contributed by atoms with E-state index in [0.29, 0.717) is 6.04 Å². The van der Waals surface area contributed by atoms with Crippen LogP contribution in [0.4, 0.5) is 0 Å². The van der Waals surface area contributed by atoms with Gasteiger partial charge in [-0.3, -0.25) is 4.79 Å². The summed E-state index contributed by atoms with van der Waals surface area (Å²) in [6.07, 6.45) is 2.27. The van der Waals surface area contributed by atoms with Gasteiger partial charge in [0.1, 0.15) is 0 Å². The lowest BCUT2D eigenvalue weighted by Crippen LogP contribution is -2.27. The maximum Gasteiger partial charge on any atom is 0.219 e. The zero-order valence-electron chi connectivity index (χ0n) is 7.69. The fourth-order valence-electron chi connectivity index (χ4n) is 1.92. The lowest BCUT2D eigenvalue weighted by molar-refractivity contribution is -0.129. The Kier molecular flexibility index (Phi) is 2.36. The number of likely N-dealkylation sites (tertiary alicyclic amines) is 1. The van der Waals surface area contributed by atoms with E-state index in [0.717, 1.165) is 19.4 Å². The molecule has 0 aromatic carbocycles. The third kappa shape index (κ3) is 1.61. The van der Waals surface area contributed by atoms with E-state index >= 15 is 0 Å². The van der Waals surface area contributed by atoms with Crippen LogP contribution in [0.1, 0.15) is 30.7 Å². The first-order valence-electron chi connectivity index (χ1n) is 4.59. The molecule has 0 radical (unpaired) electrons. The van der Waals surface area contributed by atoms with Gasteiger partial charge in [-0.25, -0.2) is 0 Å². The van der Waals surface area contributed by atoms with Crippen LogP contribution >= 0.6 is 11.3 Å². The largest absolute Gasteiger partial charge is 0.335 e. The third-order valence-electron chi connectivity index (χ3n) is 2.53. The van der Waals surface area contributed by atoms with Crippen molar-refractivity contribution in [1.82, 2.24) is 4.90 Å². The Bertz CT molecular complexity index is 294. The number of carbonyl (C=O) groups excluding carboxylic acids is 1. The van der Waals surface area contributed by atoms with Crippen molar-refractivity contribution < 1.29 is 4.79 Å². The van der Waals surface area contributed by atoms with Crippen molar-refractivity contribution in [2.24, 2.45) is 0 Å². The van der Waals surface area contributed by atoms with Crippen molar-refractivity contribution in [3.63, 3.8) is 0 Å². The van der Waals surface area contributed by atoms with Gasteiger partial charge in [-0.1, -0.05) is 6.07 Å². The second-order valence-corrected chi connectivity index (χ2v) is 4.37. The molecule has 1 aromatic rings. The molecule has 1 amide bonds. The van der Waals surface area contributed by atoms with E-state index in [4.69, 9.17) is 0 Å². The van der Waals surface area contributed by atoms with Crippen LogP contribution in [0.2, 0.25) is 0 Å². The monoisotopic (exact) mass is 195 g/mol. The first kappa shape index (κ1) is 8.75. The molecule has 0 aliphatic carbocycles. The number of amides is 1. The second-order valence-electron chi connectivity index (χ2n) is 3.39. The molecule has 1 atom stereocenters. The molecule has 0 saturated carbocycles. The maximum absolute atomic E-state index is 11.3. The molecule has 1 aliphatic heterocycles. The highest BCUT2D eigenvalue weighted by atomic mass is 32.1. The molecule has 2 nitrogen and oxygen atoms in total. The number of rotatable bonds is 1. The number of hydrogen-bond acceptors (Lipinski definition) is 2. The molecule has 2 heterocycles. The standard InChI is InChI=1S/C10H13NOS/c1-8(12)11-6-2-4-9(11)10-5-3-7-13-10/h3,5,7,9H,2,4,6H2,1H3/t9-/m1/s1.